The number of rotatable bonds is 7. The van der Waals surface area contributed by atoms with E-state index in [4.69, 9.17) is 20.4 Å². The van der Waals surface area contributed by atoms with Crippen molar-refractivity contribution < 1.29 is 4.74 Å². The van der Waals surface area contributed by atoms with E-state index < -0.39 is 0 Å². The van der Waals surface area contributed by atoms with Gasteiger partial charge in [-0.1, -0.05) is 60.7 Å². The number of nitrogen functional groups attached to an aromatic ring is 1. The number of hydrogen-bond acceptors (Lipinski definition) is 7. The van der Waals surface area contributed by atoms with Crippen molar-refractivity contribution >= 4 is 22.7 Å². The summed E-state index contributed by atoms with van der Waals surface area (Å²) in [5.74, 6) is 1.26. The lowest BCUT2D eigenvalue weighted by Crippen LogP contribution is -2.22. The summed E-state index contributed by atoms with van der Waals surface area (Å²) in [6.45, 7) is 1.38. The van der Waals surface area contributed by atoms with Crippen LogP contribution < -0.4 is 10.6 Å². The van der Waals surface area contributed by atoms with Gasteiger partial charge in [0, 0.05) is 43.6 Å². The average molecular weight is 463 g/mol. The van der Waals surface area contributed by atoms with Crippen LogP contribution in [0.5, 0.6) is 0 Å². The molecule has 2 aromatic carbocycles. The number of nitrogens with zero attached hydrogens (tertiary/aromatic N) is 5. The van der Waals surface area contributed by atoms with Crippen LogP contribution in [-0.4, -0.2) is 47.2 Å². The van der Waals surface area contributed by atoms with Gasteiger partial charge in [0.05, 0.1) is 17.7 Å². The van der Waals surface area contributed by atoms with E-state index in [9.17, 15) is 0 Å². The van der Waals surface area contributed by atoms with E-state index in [2.05, 4.69) is 39.1 Å². The zero-order valence-corrected chi connectivity index (χ0v) is 19.7. The second-order valence-corrected chi connectivity index (χ2v) is 8.22. The van der Waals surface area contributed by atoms with Crippen molar-refractivity contribution in [3.8, 4) is 33.5 Å². The van der Waals surface area contributed by atoms with E-state index >= 15 is 0 Å². The number of hydrogen-bond donors (Lipinski definition) is 1. The molecule has 0 unspecified atom stereocenters. The van der Waals surface area contributed by atoms with Gasteiger partial charge in [0.1, 0.15) is 18.0 Å². The van der Waals surface area contributed by atoms with E-state index in [-0.39, 0.29) is 0 Å². The monoisotopic (exact) mass is 462 g/mol. The molecule has 0 fully saturated rings. The van der Waals surface area contributed by atoms with Crippen LogP contribution in [0.15, 0.2) is 85.3 Å². The minimum Gasteiger partial charge on any atom is -0.383 e. The maximum absolute atomic E-state index is 6.40. The highest BCUT2D eigenvalue weighted by Crippen LogP contribution is 2.43. The largest absolute Gasteiger partial charge is 0.383 e. The van der Waals surface area contributed by atoms with Gasteiger partial charge < -0.3 is 15.4 Å². The van der Waals surface area contributed by atoms with Gasteiger partial charge in [-0.2, -0.15) is 0 Å². The number of pyridine rings is 2. The summed E-state index contributed by atoms with van der Waals surface area (Å²) in [6, 6.07) is 24.4. The van der Waals surface area contributed by atoms with Crippen LogP contribution in [0.25, 0.3) is 44.5 Å². The van der Waals surface area contributed by atoms with Crippen molar-refractivity contribution in [2.45, 2.75) is 0 Å². The molecule has 7 nitrogen and oxygen atoms in total. The zero-order valence-electron chi connectivity index (χ0n) is 19.7. The normalized spacial score (nSPS) is 11.0. The number of anilines is 2. The third-order valence-corrected chi connectivity index (χ3v) is 5.98. The lowest BCUT2D eigenvalue weighted by Gasteiger charge is -2.20. The molecule has 3 aromatic heterocycles. The van der Waals surface area contributed by atoms with Gasteiger partial charge in [0.2, 0.25) is 0 Å². The van der Waals surface area contributed by atoms with Gasteiger partial charge in [-0.25, -0.2) is 19.9 Å². The molecule has 5 aromatic rings. The molecule has 0 atom stereocenters. The van der Waals surface area contributed by atoms with Gasteiger partial charge in [-0.15, -0.1) is 0 Å². The summed E-state index contributed by atoms with van der Waals surface area (Å²) in [4.78, 5) is 20.5. The number of fused-ring (bicyclic) bond motifs is 1. The molecule has 3 heterocycles. The molecule has 0 spiro atoms. The Bertz CT molecular complexity index is 1440. The Morgan fingerprint density at radius 1 is 0.800 bits per heavy atom. The first-order chi connectivity index (χ1) is 17.2. The number of likely N-dealkylation sites (N-methyl/N-ethyl adjacent to an activating group) is 1. The molecule has 0 aliphatic heterocycles. The fraction of sp³-hybridized carbons (Fsp3) is 0.143. The lowest BCUT2D eigenvalue weighted by molar-refractivity contribution is 0.206. The molecule has 0 aliphatic carbocycles. The molecule has 0 aliphatic rings. The van der Waals surface area contributed by atoms with E-state index in [0.717, 1.165) is 51.3 Å². The highest BCUT2D eigenvalue weighted by Gasteiger charge is 2.22. The van der Waals surface area contributed by atoms with Gasteiger partial charge in [-0.3, -0.25) is 0 Å². The molecule has 35 heavy (non-hydrogen) atoms. The molecule has 174 valence electrons. The summed E-state index contributed by atoms with van der Waals surface area (Å²) in [6.07, 6.45) is 3.32. The number of ether oxygens (including phenoxy) is 1. The van der Waals surface area contributed by atoms with Gasteiger partial charge >= 0.3 is 0 Å². The number of benzene rings is 2. The molecule has 0 amide bonds. The van der Waals surface area contributed by atoms with Crippen LogP contribution in [-0.2, 0) is 4.74 Å². The van der Waals surface area contributed by atoms with Gasteiger partial charge in [0.25, 0.3) is 0 Å². The van der Waals surface area contributed by atoms with Crippen LogP contribution in [0.3, 0.4) is 0 Å². The summed E-state index contributed by atoms with van der Waals surface area (Å²) < 4.78 is 5.20. The van der Waals surface area contributed by atoms with Gasteiger partial charge in [0.15, 0.2) is 5.65 Å². The van der Waals surface area contributed by atoms with Crippen LogP contribution in [0.2, 0.25) is 0 Å². The first kappa shape index (κ1) is 22.4. The first-order valence-corrected chi connectivity index (χ1v) is 11.4. The van der Waals surface area contributed by atoms with Crippen molar-refractivity contribution in [1.29, 1.82) is 0 Å². The number of nitrogens with two attached hydrogens (primary N) is 1. The SMILES string of the molecule is COCCN(C)c1ccc(-c2nc3ncnc(N)c3c(-c3ccccc3)c2-c2ccccc2)cn1. The highest BCUT2D eigenvalue weighted by molar-refractivity contribution is 6.09. The maximum atomic E-state index is 6.40. The van der Waals surface area contributed by atoms with E-state index in [1.54, 1.807) is 7.11 Å². The zero-order chi connectivity index (χ0) is 24.2. The Labute approximate surface area is 204 Å². The predicted octanol–water partition coefficient (Wildman–Crippen LogP) is 5.09. The Balaban J connectivity index is 1.79. The van der Waals surface area contributed by atoms with E-state index in [0.29, 0.717) is 18.1 Å². The van der Waals surface area contributed by atoms with Crippen LogP contribution in [0.1, 0.15) is 0 Å². The molecule has 0 bridgehead atoms. The molecule has 0 saturated carbocycles. The smallest absolute Gasteiger partial charge is 0.165 e. The fourth-order valence-corrected chi connectivity index (χ4v) is 4.20. The Kier molecular flexibility index (Phi) is 6.32. The summed E-state index contributed by atoms with van der Waals surface area (Å²) in [5.41, 5.74) is 12.6. The Hall–Kier alpha value is -4.36. The van der Waals surface area contributed by atoms with Crippen LogP contribution in [0.4, 0.5) is 11.6 Å². The van der Waals surface area contributed by atoms with Crippen LogP contribution >= 0.6 is 0 Å². The fourth-order valence-electron chi connectivity index (χ4n) is 4.20. The van der Waals surface area contributed by atoms with Crippen molar-refractivity contribution in [3.05, 3.63) is 85.3 Å². The molecule has 0 radical (unpaired) electrons. The van der Waals surface area contributed by atoms with Crippen molar-refractivity contribution in [2.75, 3.05) is 37.9 Å². The summed E-state index contributed by atoms with van der Waals surface area (Å²) in [5, 5.41) is 0.741. The van der Waals surface area contributed by atoms with Crippen LogP contribution in [0, 0.1) is 0 Å². The molecular formula is C28H26N6O. The molecule has 2 N–H and O–H groups in total. The van der Waals surface area contributed by atoms with E-state index in [1.807, 2.05) is 61.8 Å². The molecule has 5 rings (SSSR count). The minimum absolute atomic E-state index is 0.401. The third kappa shape index (κ3) is 4.41. The lowest BCUT2D eigenvalue weighted by atomic mass is 9.89. The second-order valence-electron chi connectivity index (χ2n) is 8.22. The highest BCUT2D eigenvalue weighted by atomic mass is 16.5. The number of aromatic nitrogens is 4. The van der Waals surface area contributed by atoms with Crippen molar-refractivity contribution in [3.63, 3.8) is 0 Å². The summed E-state index contributed by atoms with van der Waals surface area (Å²) in [7, 11) is 3.69. The standard InChI is InChI=1S/C28H26N6O/c1-34(15-16-35-2)22-14-13-21(17-30-22)26-24(20-11-7-4-8-12-20)23(19-9-5-3-6-10-19)25-27(29)31-18-32-28(25)33-26/h3-14,17-18H,15-16H2,1-2H3,(H2,29,31,32,33). The minimum atomic E-state index is 0.401. The van der Waals surface area contributed by atoms with Crippen molar-refractivity contribution in [1.82, 2.24) is 19.9 Å². The van der Waals surface area contributed by atoms with Crippen molar-refractivity contribution in [2.24, 2.45) is 0 Å². The second kappa shape index (κ2) is 9.87. The molecule has 0 saturated heterocycles. The quantitative estimate of drug-likeness (QED) is 0.360. The average Bonchev–Trinajstić information content (AvgIpc) is 2.92. The first-order valence-electron chi connectivity index (χ1n) is 11.4. The topological polar surface area (TPSA) is 90.0 Å². The van der Waals surface area contributed by atoms with E-state index in [1.165, 1.54) is 6.33 Å². The molecule has 7 heteroatoms. The third-order valence-electron chi connectivity index (χ3n) is 5.98. The Morgan fingerprint density at radius 3 is 2.11 bits per heavy atom. The maximum Gasteiger partial charge on any atom is 0.165 e. The predicted molar refractivity (Wildman–Crippen MR) is 141 cm³/mol. The molecular weight excluding hydrogens is 436 g/mol. The van der Waals surface area contributed by atoms with Gasteiger partial charge in [-0.05, 0) is 23.3 Å². The Morgan fingerprint density at radius 2 is 1.49 bits per heavy atom. The number of methoxy groups -OCH3 is 1. The summed E-state index contributed by atoms with van der Waals surface area (Å²) >= 11 is 0.